The van der Waals surface area contributed by atoms with E-state index in [0.717, 1.165) is 12.1 Å². The second kappa shape index (κ2) is 7.87. The van der Waals surface area contributed by atoms with E-state index >= 15 is 0 Å². The van der Waals surface area contributed by atoms with E-state index in [1.165, 1.54) is 42.5 Å². The molecule has 0 radical (unpaired) electrons. The maximum absolute atomic E-state index is 13.0. The molecule has 152 valence electrons. The molecule has 3 aromatic rings. The molecule has 0 fully saturated rings. The largest absolute Gasteiger partial charge is 0.508 e. The SMILES string of the molecule is O=S(=O)(O)C(c1ccccc1O)(c1cc(Cl)cc(O)c1Cl)c1c(Cl)cccc1Cl. The number of benzene rings is 3. The van der Waals surface area contributed by atoms with E-state index in [2.05, 4.69) is 0 Å². The van der Waals surface area contributed by atoms with Crippen molar-refractivity contribution in [3.8, 4) is 11.5 Å². The van der Waals surface area contributed by atoms with E-state index in [-0.39, 0.29) is 31.8 Å². The van der Waals surface area contributed by atoms with Crippen LogP contribution in [0.1, 0.15) is 16.7 Å². The van der Waals surface area contributed by atoms with Crippen LogP contribution < -0.4 is 0 Å². The van der Waals surface area contributed by atoms with Gasteiger partial charge in [-0.1, -0.05) is 70.7 Å². The van der Waals surface area contributed by atoms with Crippen LogP contribution in [0.4, 0.5) is 0 Å². The fourth-order valence-electron chi connectivity index (χ4n) is 3.26. The standard InChI is InChI=1S/C19H12Cl4O5S/c20-10-8-12(18(23)16(25)9-10)19(29(26,27)28,11-4-1-2-7-15(11)24)17-13(21)5-3-6-14(17)22/h1-9,24-25H,(H,26,27,28). The smallest absolute Gasteiger partial charge is 0.283 e. The van der Waals surface area contributed by atoms with Crippen LogP contribution in [0.5, 0.6) is 11.5 Å². The number of halogens is 4. The predicted octanol–water partition coefficient (Wildman–Crippen LogP) is 5.89. The Morgan fingerprint density at radius 2 is 1.34 bits per heavy atom. The summed E-state index contributed by atoms with van der Waals surface area (Å²) < 4.78 is 34.0. The average molecular weight is 494 g/mol. The van der Waals surface area contributed by atoms with Gasteiger partial charge in [0.15, 0.2) is 4.75 Å². The first-order valence-electron chi connectivity index (χ1n) is 7.90. The number of rotatable bonds is 4. The fourth-order valence-corrected chi connectivity index (χ4v) is 5.94. The molecular weight excluding hydrogens is 482 g/mol. The van der Waals surface area contributed by atoms with E-state index < -0.39 is 31.4 Å². The van der Waals surface area contributed by atoms with Crippen molar-refractivity contribution in [1.29, 1.82) is 0 Å². The summed E-state index contributed by atoms with van der Waals surface area (Å²) in [7, 11) is -5.19. The predicted molar refractivity (Wildman–Crippen MR) is 114 cm³/mol. The molecule has 0 amide bonds. The van der Waals surface area contributed by atoms with E-state index in [1.807, 2.05) is 0 Å². The Morgan fingerprint density at radius 1 is 0.759 bits per heavy atom. The molecule has 0 heterocycles. The van der Waals surface area contributed by atoms with Crippen molar-refractivity contribution in [2.45, 2.75) is 4.75 Å². The highest BCUT2D eigenvalue weighted by Gasteiger charge is 2.53. The maximum atomic E-state index is 13.0. The molecule has 5 nitrogen and oxygen atoms in total. The van der Waals surface area contributed by atoms with E-state index in [9.17, 15) is 23.2 Å². The third-order valence-electron chi connectivity index (χ3n) is 4.38. The van der Waals surface area contributed by atoms with Gasteiger partial charge in [0.2, 0.25) is 0 Å². The zero-order valence-electron chi connectivity index (χ0n) is 14.3. The summed E-state index contributed by atoms with van der Waals surface area (Å²) in [5.74, 6) is -1.03. The van der Waals surface area contributed by atoms with Gasteiger partial charge in [-0.25, -0.2) is 0 Å². The number of hydrogen-bond acceptors (Lipinski definition) is 4. The summed E-state index contributed by atoms with van der Waals surface area (Å²) in [4.78, 5) is 0. The number of para-hydroxylation sites is 1. The molecule has 0 aromatic heterocycles. The second-order valence-corrected chi connectivity index (χ2v) is 9.25. The first-order chi connectivity index (χ1) is 13.5. The third kappa shape index (κ3) is 3.54. The van der Waals surface area contributed by atoms with Gasteiger partial charge in [-0.05, 0) is 24.3 Å². The average Bonchev–Trinajstić information content (AvgIpc) is 2.61. The molecule has 0 aliphatic carbocycles. The second-order valence-electron chi connectivity index (χ2n) is 6.06. The number of phenolic OH excluding ortho intramolecular Hbond substituents is 2. The lowest BCUT2D eigenvalue weighted by Crippen LogP contribution is -2.39. The molecule has 3 aromatic carbocycles. The lowest BCUT2D eigenvalue weighted by atomic mass is 9.83. The van der Waals surface area contributed by atoms with Crippen LogP contribution in [-0.4, -0.2) is 23.2 Å². The zero-order valence-corrected chi connectivity index (χ0v) is 18.1. The lowest BCUT2D eigenvalue weighted by Gasteiger charge is -2.35. The highest BCUT2D eigenvalue weighted by atomic mass is 35.5. The van der Waals surface area contributed by atoms with Gasteiger partial charge in [0, 0.05) is 37.8 Å². The number of phenols is 2. The van der Waals surface area contributed by atoms with E-state index in [0.29, 0.717) is 0 Å². The molecule has 0 saturated heterocycles. The lowest BCUT2D eigenvalue weighted by molar-refractivity contribution is 0.439. The molecule has 0 spiro atoms. The summed E-state index contributed by atoms with van der Waals surface area (Å²) >= 11 is 25.0. The highest BCUT2D eigenvalue weighted by Crippen LogP contribution is 2.54. The Bertz CT molecular complexity index is 1190. The first kappa shape index (κ1) is 22.0. The summed E-state index contributed by atoms with van der Waals surface area (Å²) in [6.45, 7) is 0. The van der Waals surface area contributed by atoms with Crippen LogP contribution in [-0.2, 0) is 14.9 Å². The van der Waals surface area contributed by atoms with E-state index in [4.69, 9.17) is 46.4 Å². The van der Waals surface area contributed by atoms with Crippen molar-refractivity contribution < 1.29 is 23.2 Å². The van der Waals surface area contributed by atoms with Crippen LogP contribution in [0, 0.1) is 0 Å². The minimum absolute atomic E-state index is 0.0754. The van der Waals surface area contributed by atoms with Crippen LogP contribution in [0.3, 0.4) is 0 Å². The summed E-state index contributed by atoms with van der Waals surface area (Å²) in [5, 5.41) is 20.0. The Labute approximate surface area is 186 Å². The summed E-state index contributed by atoms with van der Waals surface area (Å²) in [6, 6.07) is 11.8. The van der Waals surface area contributed by atoms with Crippen molar-refractivity contribution in [2.75, 3.05) is 0 Å². The molecular formula is C19H12Cl4O5S. The highest BCUT2D eigenvalue weighted by molar-refractivity contribution is 7.87. The molecule has 1 atom stereocenters. The van der Waals surface area contributed by atoms with Gasteiger partial charge in [-0.2, -0.15) is 8.42 Å². The molecule has 0 aliphatic rings. The summed E-state index contributed by atoms with van der Waals surface area (Å²) in [6.07, 6.45) is 0. The van der Waals surface area contributed by atoms with Crippen LogP contribution in [0.2, 0.25) is 20.1 Å². The molecule has 3 rings (SSSR count). The van der Waals surface area contributed by atoms with Gasteiger partial charge in [-0.3, -0.25) is 4.55 Å². The molecule has 0 aliphatic heterocycles. The summed E-state index contributed by atoms with van der Waals surface area (Å²) in [5.41, 5.74) is -0.903. The van der Waals surface area contributed by atoms with E-state index in [1.54, 1.807) is 0 Å². The molecule has 10 heteroatoms. The van der Waals surface area contributed by atoms with Gasteiger partial charge < -0.3 is 10.2 Å². The van der Waals surface area contributed by atoms with Gasteiger partial charge in [0.05, 0.1) is 5.02 Å². The Kier molecular flexibility index (Phi) is 5.98. The van der Waals surface area contributed by atoms with Crippen LogP contribution in [0.25, 0.3) is 0 Å². The van der Waals surface area contributed by atoms with Crippen LogP contribution >= 0.6 is 46.4 Å². The zero-order chi connectivity index (χ0) is 21.6. The number of hydrogen-bond donors (Lipinski definition) is 3. The third-order valence-corrected chi connectivity index (χ3v) is 7.05. The van der Waals surface area contributed by atoms with Crippen molar-refractivity contribution >= 4 is 56.5 Å². The fraction of sp³-hybridized carbons (Fsp3) is 0.0526. The van der Waals surface area contributed by atoms with Gasteiger partial charge in [0.1, 0.15) is 11.5 Å². The quantitative estimate of drug-likeness (QED) is 0.311. The Morgan fingerprint density at radius 3 is 1.90 bits per heavy atom. The molecule has 3 N–H and O–H groups in total. The minimum atomic E-state index is -5.19. The Balaban J connectivity index is 2.71. The number of aromatic hydroxyl groups is 2. The van der Waals surface area contributed by atoms with Crippen molar-refractivity contribution in [3.63, 3.8) is 0 Å². The molecule has 1 unspecified atom stereocenters. The monoisotopic (exact) mass is 492 g/mol. The Hall–Kier alpha value is -1.67. The molecule has 29 heavy (non-hydrogen) atoms. The first-order valence-corrected chi connectivity index (χ1v) is 10.9. The molecule has 0 bridgehead atoms. The van der Waals surface area contributed by atoms with Crippen molar-refractivity contribution in [3.05, 3.63) is 91.4 Å². The normalized spacial score (nSPS) is 13.8. The topological polar surface area (TPSA) is 94.8 Å². The maximum Gasteiger partial charge on any atom is 0.283 e. The van der Waals surface area contributed by atoms with Gasteiger partial charge in [0.25, 0.3) is 10.1 Å². The van der Waals surface area contributed by atoms with Gasteiger partial charge in [-0.15, -0.1) is 0 Å². The minimum Gasteiger partial charge on any atom is -0.508 e. The van der Waals surface area contributed by atoms with Crippen molar-refractivity contribution in [1.82, 2.24) is 0 Å². The van der Waals surface area contributed by atoms with Gasteiger partial charge >= 0.3 is 0 Å². The van der Waals surface area contributed by atoms with Crippen molar-refractivity contribution in [2.24, 2.45) is 0 Å². The van der Waals surface area contributed by atoms with Crippen LogP contribution in [0.15, 0.2) is 54.6 Å². The molecule has 0 saturated carbocycles.